The largest absolute Gasteiger partial charge is 0.444 e. The first-order chi connectivity index (χ1) is 16.1. The fourth-order valence-corrected chi connectivity index (χ4v) is 6.33. The summed E-state index contributed by atoms with van der Waals surface area (Å²) >= 11 is 7.05. The number of carbonyl (C=O) groups is 2. The standard InChI is InChI=1S/C26H31Br2N3O3/c1-25(2,3)34-24(33)30-10-12-31(13-11-30)26(9-8-19-6-4-5-7-22(19)26)23(32)29-17-18-14-20(27)16-21(28)15-18/h4-7,14-16H,8-13,17H2,1-3H3,(H,29,32)/t26-/m0/s1. The van der Waals surface area contributed by atoms with Gasteiger partial charge in [-0.15, -0.1) is 0 Å². The highest BCUT2D eigenvalue weighted by atomic mass is 79.9. The summed E-state index contributed by atoms with van der Waals surface area (Å²) < 4.78 is 7.48. The molecular formula is C26H31Br2N3O3. The highest BCUT2D eigenvalue weighted by Gasteiger charge is 2.50. The van der Waals surface area contributed by atoms with Crippen LogP contribution >= 0.6 is 31.9 Å². The van der Waals surface area contributed by atoms with Crippen molar-refractivity contribution in [3.8, 4) is 0 Å². The van der Waals surface area contributed by atoms with Crippen LogP contribution in [-0.2, 0) is 28.0 Å². The van der Waals surface area contributed by atoms with Gasteiger partial charge in [0.2, 0.25) is 5.91 Å². The van der Waals surface area contributed by atoms with Crippen molar-refractivity contribution in [2.24, 2.45) is 0 Å². The van der Waals surface area contributed by atoms with Crippen molar-refractivity contribution in [3.63, 3.8) is 0 Å². The molecule has 1 heterocycles. The Hall–Kier alpha value is -1.90. The Morgan fingerprint density at radius 1 is 1.03 bits per heavy atom. The molecule has 182 valence electrons. The molecule has 0 bridgehead atoms. The van der Waals surface area contributed by atoms with Gasteiger partial charge in [-0.3, -0.25) is 9.69 Å². The van der Waals surface area contributed by atoms with Crippen LogP contribution in [0.1, 0.15) is 43.9 Å². The van der Waals surface area contributed by atoms with Crippen LogP contribution in [0.2, 0.25) is 0 Å². The molecule has 2 aromatic carbocycles. The Morgan fingerprint density at radius 3 is 2.32 bits per heavy atom. The van der Waals surface area contributed by atoms with Gasteiger partial charge in [-0.2, -0.15) is 0 Å². The highest BCUT2D eigenvalue weighted by Crippen LogP contribution is 2.42. The summed E-state index contributed by atoms with van der Waals surface area (Å²) in [5.74, 6) is 0.0132. The summed E-state index contributed by atoms with van der Waals surface area (Å²) in [7, 11) is 0. The van der Waals surface area contributed by atoms with Crippen LogP contribution in [0.4, 0.5) is 4.79 Å². The van der Waals surface area contributed by atoms with Crippen molar-refractivity contribution >= 4 is 43.9 Å². The predicted molar refractivity (Wildman–Crippen MR) is 140 cm³/mol. The highest BCUT2D eigenvalue weighted by molar-refractivity contribution is 9.11. The summed E-state index contributed by atoms with van der Waals surface area (Å²) in [5.41, 5.74) is 2.05. The van der Waals surface area contributed by atoms with Gasteiger partial charge in [0.25, 0.3) is 0 Å². The Morgan fingerprint density at radius 2 is 1.68 bits per heavy atom. The molecule has 1 aliphatic carbocycles. The van der Waals surface area contributed by atoms with Gasteiger partial charge in [0.1, 0.15) is 11.1 Å². The fraction of sp³-hybridized carbons (Fsp3) is 0.462. The lowest BCUT2D eigenvalue weighted by molar-refractivity contribution is -0.136. The summed E-state index contributed by atoms with van der Waals surface area (Å²) in [5, 5.41) is 3.21. The first-order valence-electron chi connectivity index (χ1n) is 11.6. The number of carbonyl (C=O) groups excluding carboxylic acids is 2. The second-order valence-electron chi connectivity index (χ2n) is 9.93. The lowest BCUT2D eigenvalue weighted by Crippen LogP contribution is -2.61. The maximum Gasteiger partial charge on any atom is 0.410 e. The van der Waals surface area contributed by atoms with Gasteiger partial charge in [-0.05, 0) is 68.5 Å². The lowest BCUT2D eigenvalue weighted by atomic mass is 9.87. The monoisotopic (exact) mass is 591 g/mol. The Bertz CT molecular complexity index is 1060. The van der Waals surface area contributed by atoms with Gasteiger partial charge in [-0.1, -0.05) is 56.1 Å². The molecule has 1 aliphatic heterocycles. The van der Waals surface area contributed by atoms with E-state index in [0.29, 0.717) is 32.7 Å². The first-order valence-corrected chi connectivity index (χ1v) is 13.2. The van der Waals surface area contributed by atoms with Crippen molar-refractivity contribution < 1.29 is 14.3 Å². The second-order valence-corrected chi connectivity index (χ2v) is 11.8. The van der Waals surface area contributed by atoms with Crippen LogP contribution in [0.25, 0.3) is 0 Å². The molecule has 1 saturated heterocycles. The summed E-state index contributed by atoms with van der Waals surface area (Å²) in [6, 6.07) is 14.2. The van der Waals surface area contributed by atoms with Crippen molar-refractivity contribution in [1.82, 2.24) is 15.1 Å². The van der Waals surface area contributed by atoms with Gasteiger partial charge in [-0.25, -0.2) is 4.79 Å². The average Bonchev–Trinajstić information content (AvgIpc) is 3.16. The summed E-state index contributed by atoms with van der Waals surface area (Å²) in [4.78, 5) is 30.5. The molecule has 8 heteroatoms. The van der Waals surface area contributed by atoms with Crippen LogP contribution < -0.4 is 5.32 Å². The molecule has 0 aromatic heterocycles. The number of amides is 2. The molecule has 1 N–H and O–H groups in total. The number of ether oxygens (including phenoxy) is 1. The van der Waals surface area contributed by atoms with E-state index in [1.807, 2.05) is 51.1 Å². The molecule has 0 saturated carbocycles. The zero-order chi connectivity index (χ0) is 24.5. The third-order valence-electron chi connectivity index (χ3n) is 6.44. The number of halogens is 2. The lowest BCUT2D eigenvalue weighted by Gasteiger charge is -2.45. The van der Waals surface area contributed by atoms with E-state index in [1.165, 1.54) is 5.56 Å². The van der Waals surface area contributed by atoms with E-state index in [4.69, 9.17) is 4.74 Å². The minimum absolute atomic E-state index is 0.0132. The molecule has 2 aromatic rings. The van der Waals surface area contributed by atoms with Crippen LogP contribution in [-0.4, -0.2) is 53.6 Å². The van der Waals surface area contributed by atoms with E-state index in [-0.39, 0.29) is 12.0 Å². The van der Waals surface area contributed by atoms with E-state index in [9.17, 15) is 9.59 Å². The van der Waals surface area contributed by atoms with E-state index >= 15 is 0 Å². The third kappa shape index (κ3) is 5.34. The summed E-state index contributed by atoms with van der Waals surface area (Å²) in [6.45, 7) is 8.36. The van der Waals surface area contributed by atoms with E-state index in [2.05, 4.69) is 54.2 Å². The van der Waals surface area contributed by atoms with Gasteiger partial charge in [0.05, 0.1) is 0 Å². The quantitative estimate of drug-likeness (QED) is 0.529. The number of fused-ring (bicyclic) bond motifs is 1. The Labute approximate surface area is 218 Å². The number of nitrogens with zero attached hydrogens (tertiary/aromatic N) is 2. The van der Waals surface area contributed by atoms with Crippen molar-refractivity contribution in [2.75, 3.05) is 26.2 Å². The van der Waals surface area contributed by atoms with Crippen molar-refractivity contribution in [2.45, 2.75) is 51.3 Å². The molecule has 1 fully saturated rings. The molecule has 4 rings (SSSR count). The van der Waals surface area contributed by atoms with Crippen LogP contribution in [0, 0.1) is 0 Å². The molecule has 2 aliphatic rings. The minimum Gasteiger partial charge on any atom is -0.444 e. The topological polar surface area (TPSA) is 61.9 Å². The van der Waals surface area contributed by atoms with Gasteiger partial charge in [0, 0.05) is 41.7 Å². The zero-order valence-corrected chi connectivity index (χ0v) is 23.0. The van der Waals surface area contributed by atoms with Gasteiger partial charge in [0.15, 0.2) is 0 Å². The molecule has 2 amide bonds. The Kier molecular flexibility index (Phi) is 7.41. The normalized spacial score (nSPS) is 20.7. The van der Waals surface area contributed by atoms with Gasteiger partial charge < -0.3 is 15.0 Å². The number of rotatable bonds is 4. The molecule has 34 heavy (non-hydrogen) atoms. The predicted octanol–water partition coefficient (Wildman–Crippen LogP) is 5.22. The van der Waals surface area contributed by atoms with Crippen LogP contribution in [0.5, 0.6) is 0 Å². The molecule has 6 nitrogen and oxygen atoms in total. The van der Waals surface area contributed by atoms with E-state index < -0.39 is 11.1 Å². The molecule has 0 radical (unpaired) electrons. The zero-order valence-electron chi connectivity index (χ0n) is 19.9. The average molecular weight is 593 g/mol. The van der Waals surface area contributed by atoms with Crippen LogP contribution in [0.3, 0.4) is 0 Å². The number of hydrogen-bond acceptors (Lipinski definition) is 4. The van der Waals surface area contributed by atoms with Crippen molar-refractivity contribution in [1.29, 1.82) is 0 Å². The molecular weight excluding hydrogens is 562 g/mol. The number of aryl methyl sites for hydroxylation is 1. The summed E-state index contributed by atoms with van der Waals surface area (Å²) in [6.07, 6.45) is 1.29. The third-order valence-corrected chi connectivity index (χ3v) is 7.36. The minimum atomic E-state index is -0.736. The number of nitrogens with one attached hydrogen (secondary N) is 1. The first kappa shape index (κ1) is 25.2. The maximum absolute atomic E-state index is 13.9. The smallest absolute Gasteiger partial charge is 0.410 e. The fourth-order valence-electron chi connectivity index (χ4n) is 4.94. The SMILES string of the molecule is CC(C)(C)OC(=O)N1CCN([C@@]2(C(=O)NCc3cc(Br)cc(Br)c3)CCc3ccccc32)CC1. The van der Waals surface area contributed by atoms with Crippen molar-refractivity contribution in [3.05, 3.63) is 68.1 Å². The number of benzene rings is 2. The second kappa shape index (κ2) is 9.99. The van der Waals surface area contributed by atoms with E-state index in [0.717, 1.165) is 32.9 Å². The van der Waals surface area contributed by atoms with E-state index in [1.54, 1.807) is 4.90 Å². The molecule has 0 spiro atoms. The van der Waals surface area contributed by atoms with Gasteiger partial charge >= 0.3 is 6.09 Å². The number of piperazine rings is 1. The molecule has 0 unspecified atom stereocenters. The molecule has 1 atom stereocenters. The maximum atomic E-state index is 13.9. The number of hydrogen-bond donors (Lipinski definition) is 1. The van der Waals surface area contributed by atoms with Crippen LogP contribution in [0.15, 0.2) is 51.4 Å². The Balaban J connectivity index is 1.54.